The number of carbonyl (C=O) groups excluding carboxylic acids is 1. The van der Waals surface area contributed by atoms with Crippen LogP contribution >= 0.6 is 0 Å². The molecule has 0 radical (unpaired) electrons. The Hall–Kier alpha value is -3.54. The first-order valence-corrected chi connectivity index (χ1v) is 9.39. The van der Waals surface area contributed by atoms with Crippen molar-refractivity contribution in [3.8, 4) is 17.6 Å². The number of aryl methyl sites for hydroxylation is 1. The molecule has 152 valence electrons. The van der Waals surface area contributed by atoms with E-state index in [2.05, 4.69) is 0 Å². The van der Waals surface area contributed by atoms with Crippen LogP contribution in [-0.2, 0) is 17.9 Å². The Morgan fingerprint density at radius 3 is 2.66 bits per heavy atom. The number of aromatic nitrogens is 2. The van der Waals surface area contributed by atoms with Gasteiger partial charge in [0.15, 0.2) is 17.6 Å². The van der Waals surface area contributed by atoms with Crippen LogP contribution in [0.4, 0.5) is 0 Å². The summed E-state index contributed by atoms with van der Waals surface area (Å²) in [5, 5.41) is 9.14. The topological polar surface area (TPSA) is 107 Å². The highest BCUT2D eigenvalue weighted by molar-refractivity contribution is 5.76. The monoisotopic (exact) mass is 398 g/mol. The molecule has 1 aromatic heterocycles. The van der Waals surface area contributed by atoms with E-state index >= 15 is 0 Å². The SMILES string of the molecule is CCN(CC1COc2ccccc2O1)C(=O)Cn1c(=O)c(C#N)cn(CC)c1=O. The second kappa shape index (κ2) is 8.65. The second-order valence-corrected chi connectivity index (χ2v) is 6.54. The molecule has 0 bridgehead atoms. The van der Waals surface area contributed by atoms with Gasteiger partial charge in [0.1, 0.15) is 24.8 Å². The molecule has 1 atom stereocenters. The molecule has 0 fully saturated rings. The minimum atomic E-state index is -0.766. The summed E-state index contributed by atoms with van der Waals surface area (Å²) in [7, 11) is 0. The maximum Gasteiger partial charge on any atom is 0.331 e. The number of nitrogens with zero attached hydrogens (tertiary/aromatic N) is 4. The Bertz CT molecular complexity index is 1070. The molecule has 0 aliphatic carbocycles. The van der Waals surface area contributed by atoms with Crippen LogP contribution in [0.1, 0.15) is 19.4 Å². The number of rotatable bonds is 6. The third-order valence-electron chi connectivity index (χ3n) is 4.72. The largest absolute Gasteiger partial charge is 0.486 e. The average molecular weight is 398 g/mol. The summed E-state index contributed by atoms with van der Waals surface area (Å²) in [5.41, 5.74) is -1.56. The number of fused-ring (bicyclic) bond motifs is 1. The second-order valence-electron chi connectivity index (χ2n) is 6.54. The van der Waals surface area contributed by atoms with E-state index in [0.29, 0.717) is 18.0 Å². The van der Waals surface area contributed by atoms with E-state index in [0.717, 1.165) is 4.57 Å². The summed E-state index contributed by atoms with van der Waals surface area (Å²) >= 11 is 0. The predicted octanol–water partition coefficient (Wildman–Crippen LogP) is 0.590. The van der Waals surface area contributed by atoms with Crippen LogP contribution in [0.5, 0.6) is 11.5 Å². The van der Waals surface area contributed by atoms with Crippen molar-refractivity contribution in [2.75, 3.05) is 19.7 Å². The summed E-state index contributed by atoms with van der Waals surface area (Å²) in [4.78, 5) is 39.1. The molecule has 0 saturated heterocycles. The highest BCUT2D eigenvalue weighted by Crippen LogP contribution is 2.30. The van der Waals surface area contributed by atoms with Gasteiger partial charge in [0.05, 0.1) is 6.54 Å². The molecule has 2 heterocycles. The number of para-hydroxylation sites is 2. The van der Waals surface area contributed by atoms with Gasteiger partial charge < -0.3 is 14.4 Å². The molecule has 3 rings (SSSR count). The number of carbonyl (C=O) groups is 1. The molecule has 0 spiro atoms. The molecule has 1 aliphatic rings. The van der Waals surface area contributed by atoms with Gasteiger partial charge in [0, 0.05) is 19.3 Å². The van der Waals surface area contributed by atoms with E-state index in [4.69, 9.17) is 14.7 Å². The van der Waals surface area contributed by atoms with Crippen LogP contribution in [0.3, 0.4) is 0 Å². The van der Waals surface area contributed by atoms with E-state index in [-0.39, 0.29) is 31.4 Å². The fraction of sp³-hybridized carbons (Fsp3) is 0.400. The van der Waals surface area contributed by atoms with Gasteiger partial charge in [-0.05, 0) is 26.0 Å². The van der Waals surface area contributed by atoms with Crippen molar-refractivity contribution >= 4 is 5.91 Å². The molecule has 2 aromatic rings. The molecule has 1 amide bonds. The van der Waals surface area contributed by atoms with Gasteiger partial charge in [0.2, 0.25) is 5.91 Å². The Kier molecular flexibility index (Phi) is 6.02. The van der Waals surface area contributed by atoms with Gasteiger partial charge in [-0.15, -0.1) is 0 Å². The van der Waals surface area contributed by atoms with Crippen LogP contribution in [0.2, 0.25) is 0 Å². The molecule has 9 nitrogen and oxygen atoms in total. The van der Waals surface area contributed by atoms with Gasteiger partial charge >= 0.3 is 5.69 Å². The lowest BCUT2D eigenvalue weighted by Gasteiger charge is -2.31. The highest BCUT2D eigenvalue weighted by Gasteiger charge is 2.25. The lowest BCUT2D eigenvalue weighted by Crippen LogP contribution is -2.48. The average Bonchev–Trinajstić information content (AvgIpc) is 2.74. The van der Waals surface area contributed by atoms with Crippen LogP contribution in [0.15, 0.2) is 40.1 Å². The summed E-state index contributed by atoms with van der Waals surface area (Å²) in [6, 6.07) is 9.06. The summed E-state index contributed by atoms with van der Waals surface area (Å²) < 4.78 is 13.6. The van der Waals surface area contributed by atoms with Crippen molar-refractivity contribution in [3.63, 3.8) is 0 Å². The molecule has 29 heavy (non-hydrogen) atoms. The Balaban J connectivity index is 1.77. The van der Waals surface area contributed by atoms with Gasteiger partial charge in [-0.25, -0.2) is 9.36 Å². The smallest absolute Gasteiger partial charge is 0.331 e. The van der Waals surface area contributed by atoms with Crippen LogP contribution in [0, 0.1) is 11.3 Å². The molecular weight excluding hydrogens is 376 g/mol. The number of amides is 1. The van der Waals surface area contributed by atoms with E-state index in [9.17, 15) is 14.4 Å². The van der Waals surface area contributed by atoms with Crippen molar-refractivity contribution in [1.82, 2.24) is 14.0 Å². The quantitative estimate of drug-likeness (QED) is 0.705. The molecule has 1 aromatic carbocycles. The molecule has 1 aliphatic heterocycles. The molecular formula is C20H22N4O5. The standard InChI is InChI=1S/C20H22N4O5/c1-3-22(11-15-13-28-16-7-5-6-8-17(16)29-15)18(25)12-24-19(26)14(9-21)10-23(4-2)20(24)27/h5-8,10,15H,3-4,11-13H2,1-2H3. The Morgan fingerprint density at radius 2 is 2.00 bits per heavy atom. The number of hydrogen-bond donors (Lipinski definition) is 0. The molecule has 0 N–H and O–H groups in total. The number of hydrogen-bond acceptors (Lipinski definition) is 6. The molecule has 1 unspecified atom stereocenters. The number of ether oxygens (including phenoxy) is 2. The van der Waals surface area contributed by atoms with Crippen LogP contribution in [0.25, 0.3) is 0 Å². The van der Waals surface area contributed by atoms with Gasteiger partial charge in [-0.3, -0.25) is 14.2 Å². The van der Waals surface area contributed by atoms with E-state index in [1.54, 1.807) is 26.0 Å². The number of benzene rings is 1. The minimum absolute atomic E-state index is 0.178. The van der Waals surface area contributed by atoms with Crippen molar-refractivity contribution in [3.05, 3.63) is 56.9 Å². The van der Waals surface area contributed by atoms with Crippen molar-refractivity contribution in [2.45, 2.75) is 33.0 Å². The predicted molar refractivity (Wildman–Crippen MR) is 104 cm³/mol. The van der Waals surface area contributed by atoms with E-state index in [1.807, 2.05) is 18.2 Å². The first kappa shape index (κ1) is 20.2. The van der Waals surface area contributed by atoms with E-state index < -0.39 is 23.7 Å². The van der Waals surface area contributed by atoms with Gasteiger partial charge in [0.25, 0.3) is 5.56 Å². The lowest BCUT2D eigenvalue weighted by molar-refractivity contribution is -0.133. The fourth-order valence-corrected chi connectivity index (χ4v) is 3.14. The van der Waals surface area contributed by atoms with Gasteiger partial charge in [-0.1, -0.05) is 12.1 Å². The number of nitriles is 1. The Labute approximate surface area is 167 Å². The molecule has 9 heteroatoms. The van der Waals surface area contributed by atoms with Crippen LogP contribution < -0.4 is 20.7 Å². The summed E-state index contributed by atoms with van der Waals surface area (Å²) in [6.07, 6.45) is 0.844. The maximum absolute atomic E-state index is 12.8. The maximum atomic E-state index is 12.8. The lowest BCUT2D eigenvalue weighted by atomic mass is 10.2. The third kappa shape index (κ3) is 4.16. The van der Waals surface area contributed by atoms with Crippen molar-refractivity contribution in [2.24, 2.45) is 0 Å². The van der Waals surface area contributed by atoms with Crippen molar-refractivity contribution in [1.29, 1.82) is 5.26 Å². The zero-order valence-corrected chi connectivity index (χ0v) is 16.3. The highest BCUT2D eigenvalue weighted by atomic mass is 16.6. The first-order chi connectivity index (χ1) is 14.0. The molecule has 0 saturated carbocycles. The fourth-order valence-electron chi connectivity index (χ4n) is 3.14. The first-order valence-electron chi connectivity index (χ1n) is 9.39. The normalized spacial score (nSPS) is 14.9. The zero-order valence-electron chi connectivity index (χ0n) is 16.3. The third-order valence-corrected chi connectivity index (χ3v) is 4.72. The van der Waals surface area contributed by atoms with Crippen LogP contribution in [-0.4, -0.2) is 45.7 Å². The summed E-state index contributed by atoms with van der Waals surface area (Å²) in [5.74, 6) is 0.848. The van der Waals surface area contributed by atoms with Crippen molar-refractivity contribution < 1.29 is 14.3 Å². The minimum Gasteiger partial charge on any atom is -0.486 e. The van der Waals surface area contributed by atoms with Gasteiger partial charge in [-0.2, -0.15) is 5.26 Å². The Morgan fingerprint density at radius 1 is 1.28 bits per heavy atom. The zero-order chi connectivity index (χ0) is 21.0. The number of likely N-dealkylation sites (N-methyl/N-ethyl adjacent to an activating group) is 1. The van der Waals surface area contributed by atoms with E-state index in [1.165, 1.54) is 15.7 Å². The summed E-state index contributed by atoms with van der Waals surface area (Å²) in [6.45, 7) is 4.27.